The van der Waals surface area contributed by atoms with Gasteiger partial charge in [-0.3, -0.25) is 14.7 Å². The van der Waals surface area contributed by atoms with Crippen molar-refractivity contribution >= 4 is 23.0 Å². The van der Waals surface area contributed by atoms with Crippen LogP contribution in [-0.4, -0.2) is 64.9 Å². The summed E-state index contributed by atoms with van der Waals surface area (Å²) in [6.07, 6.45) is -3.07. The number of aromatic nitrogens is 2. The number of carbonyl (C=O) groups excluding carboxylic acids is 2. The van der Waals surface area contributed by atoms with Crippen molar-refractivity contribution in [3.8, 4) is 11.5 Å². The molecular formula is C27H23F3N4O4. The molecule has 11 heteroatoms. The van der Waals surface area contributed by atoms with E-state index in [9.17, 15) is 22.8 Å². The minimum atomic E-state index is -4.49. The molecule has 8 nitrogen and oxygen atoms in total. The predicted molar refractivity (Wildman–Crippen MR) is 131 cm³/mol. The number of hydrogen-bond acceptors (Lipinski definition) is 7. The number of halogens is 3. The molecule has 3 heterocycles. The van der Waals surface area contributed by atoms with E-state index < -0.39 is 17.8 Å². The average Bonchev–Trinajstić information content (AvgIpc) is 3.37. The lowest BCUT2D eigenvalue weighted by molar-refractivity contribution is -0.148. The highest BCUT2D eigenvalue weighted by atomic mass is 19.4. The van der Waals surface area contributed by atoms with Crippen LogP contribution in [0.5, 0.6) is 0 Å². The molecule has 4 aromatic rings. The molecule has 38 heavy (non-hydrogen) atoms. The fourth-order valence-corrected chi connectivity index (χ4v) is 4.50. The summed E-state index contributed by atoms with van der Waals surface area (Å²) in [6, 6.07) is 14.9. The van der Waals surface area contributed by atoms with Gasteiger partial charge in [-0.2, -0.15) is 13.2 Å². The number of amides is 1. The van der Waals surface area contributed by atoms with Crippen LogP contribution in [0.4, 0.5) is 13.2 Å². The highest BCUT2D eigenvalue weighted by Crippen LogP contribution is 2.33. The van der Waals surface area contributed by atoms with E-state index in [0.29, 0.717) is 31.7 Å². The molecule has 196 valence electrons. The zero-order chi connectivity index (χ0) is 26.9. The van der Waals surface area contributed by atoms with Gasteiger partial charge in [0, 0.05) is 37.9 Å². The summed E-state index contributed by atoms with van der Waals surface area (Å²) in [6.45, 7) is 1.64. The number of ether oxygens (including phenoxy) is 1. The van der Waals surface area contributed by atoms with E-state index in [1.165, 1.54) is 25.4 Å². The smallest absolute Gasteiger partial charge is 0.416 e. The van der Waals surface area contributed by atoms with Gasteiger partial charge in [0.2, 0.25) is 5.89 Å². The molecule has 1 amide bonds. The Balaban J connectivity index is 1.31. The van der Waals surface area contributed by atoms with Crippen molar-refractivity contribution in [2.45, 2.75) is 12.2 Å². The minimum Gasteiger partial charge on any atom is -0.468 e. The van der Waals surface area contributed by atoms with E-state index in [-0.39, 0.29) is 34.6 Å². The first kappa shape index (κ1) is 25.4. The molecule has 0 saturated carbocycles. The van der Waals surface area contributed by atoms with E-state index in [2.05, 4.69) is 9.97 Å². The van der Waals surface area contributed by atoms with Gasteiger partial charge in [0.1, 0.15) is 17.3 Å². The van der Waals surface area contributed by atoms with E-state index in [1.807, 2.05) is 35.2 Å². The second-order valence-corrected chi connectivity index (χ2v) is 8.79. The van der Waals surface area contributed by atoms with Crippen LogP contribution in [0.25, 0.3) is 22.6 Å². The SMILES string of the molecule is COC(=O)C(c1ccccc1)N1CCN(C(=O)c2cc(-c3nc4cc(C(F)(F)F)ccc4o3)ccn2)CC1. The molecule has 1 atom stereocenters. The Hall–Kier alpha value is -4.25. The quantitative estimate of drug-likeness (QED) is 0.353. The normalized spacial score (nSPS) is 15.4. The van der Waals surface area contributed by atoms with Crippen molar-refractivity contribution in [2.75, 3.05) is 33.3 Å². The lowest BCUT2D eigenvalue weighted by atomic mass is 10.0. The summed E-state index contributed by atoms with van der Waals surface area (Å²) in [7, 11) is 1.35. The van der Waals surface area contributed by atoms with Crippen molar-refractivity contribution in [2.24, 2.45) is 0 Å². The van der Waals surface area contributed by atoms with Gasteiger partial charge in [0.05, 0.1) is 12.7 Å². The summed E-state index contributed by atoms with van der Waals surface area (Å²) in [5.74, 6) is -0.591. The Labute approximate surface area is 215 Å². The van der Waals surface area contributed by atoms with Gasteiger partial charge in [-0.05, 0) is 35.9 Å². The maximum Gasteiger partial charge on any atom is 0.416 e. The maximum atomic E-state index is 13.2. The number of rotatable bonds is 5. The van der Waals surface area contributed by atoms with Gasteiger partial charge in [0.25, 0.3) is 5.91 Å². The fourth-order valence-electron chi connectivity index (χ4n) is 4.50. The fraction of sp³-hybridized carbons (Fsp3) is 0.259. The van der Waals surface area contributed by atoms with Gasteiger partial charge >= 0.3 is 12.1 Å². The summed E-state index contributed by atoms with van der Waals surface area (Å²) in [5.41, 5.74) is 0.829. The molecular weight excluding hydrogens is 501 g/mol. The number of benzene rings is 2. The number of pyridine rings is 1. The lowest BCUT2D eigenvalue weighted by Gasteiger charge is -2.38. The van der Waals surface area contributed by atoms with Crippen molar-refractivity contribution in [1.29, 1.82) is 0 Å². The lowest BCUT2D eigenvalue weighted by Crippen LogP contribution is -2.51. The Morgan fingerprint density at radius 2 is 1.74 bits per heavy atom. The maximum absolute atomic E-state index is 13.2. The first-order valence-electron chi connectivity index (χ1n) is 11.8. The average molecular weight is 524 g/mol. The Morgan fingerprint density at radius 3 is 2.42 bits per heavy atom. The molecule has 0 N–H and O–H groups in total. The summed E-state index contributed by atoms with van der Waals surface area (Å²) >= 11 is 0. The van der Waals surface area contributed by atoms with E-state index in [1.54, 1.807) is 11.0 Å². The molecule has 0 bridgehead atoms. The second-order valence-electron chi connectivity index (χ2n) is 8.79. The molecule has 1 saturated heterocycles. The van der Waals surface area contributed by atoms with Crippen LogP contribution in [0.3, 0.4) is 0 Å². The third-order valence-electron chi connectivity index (χ3n) is 6.45. The number of alkyl halides is 3. The zero-order valence-corrected chi connectivity index (χ0v) is 20.3. The van der Waals surface area contributed by atoms with Crippen LogP contribution in [-0.2, 0) is 15.7 Å². The van der Waals surface area contributed by atoms with Gasteiger partial charge in [-0.15, -0.1) is 0 Å². The Morgan fingerprint density at radius 1 is 1.00 bits per heavy atom. The van der Waals surface area contributed by atoms with E-state index >= 15 is 0 Å². The molecule has 5 rings (SSSR count). The van der Waals surface area contributed by atoms with Gasteiger partial charge in [-0.1, -0.05) is 30.3 Å². The number of oxazole rings is 1. The molecule has 0 radical (unpaired) electrons. The number of fused-ring (bicyclic) bond motifs is 1. The van der Waals surface area contributed by atoms with Crippen LogP contribution >= 0.6 is 0 Å². The number of nitrogens with zero attached hydrogens (tertiary/aromatic N) is 4. The number of esters is 1. The second kappa shape index (κ2) is 10.3. The highest BCUT2D eigenvalue weighted by molar-refractivity contribution is 5.93. The molecule has 1 aliphatic rings. The van der Waals surface area contributed by atoms with E-state index in [4.69, 9.17) is 9.15 Å². The Kier molecular flexibility index (Phi) is 6.85. The van der Waals surface area contributed by atoms with E-state index in [0.717, 1.165) is 17.7 Å². The number of hydrogen-bond donors (Lipinski definition) is 0. The summed E-state index contributed by atoms with van der Waals surface area (Å²) in [5, 5.41) is 0. The largest absolute Gasteiger partial charge is 0.468 e. The van der Waals surface area contributed by atoms with Gasteiger partial charge in [-0.25, -0.2) is 9.78 Å². The van der Waals surface area contributed by atoms with Crippen LogP contribution in [0.15, 0.2) is 71.3 Å². The number of methoxy groups -OCH3 is 1. The third kappa shape index (κ3) is 5.10. The van der Waals surface area contributed by atoms with Gasteiger partial charge in [0.15, 0.2) is 5.58 Å². The van der Waals surface area contributed by atoms with Crippen LogP contribution in [0, 0.1) is 0 Å². The minimum absolute atomic E-state index is 0.0641. The molecule has 1 aliphatic heterocycles. The van der Waals surface area contributed by atoms with Crippen molar-refractivity contribution in [1.82, 2.24) is 19.8 Å². The summed E-state index contributed by atoms with van der Waals surface area (Å²) < 4.78 is 49.8. The summed E-state index contributed by atoms with van der Waals surface area (Å²) in [4.78, 5) is 37.7. The molecule has 0 spiro atoms. The van der Waals surface area contributed by atoms with Crippen LogP contribution in [0.2, 0.25) is 0 Å². The molecule has 2 aromatic carbocycles. The number of piperazine rings is 1. The number of carbonyl (C=O) groups is 2. The van der Waals surface area contributed by atoms with Crippen LogP contribution < -0.4 is 0 Å². The van der Waals surface area contributed by atoms with Gasteiger partial charge < -0.3 is 14.1 Å². The first-order chi connectivity index (χ1) is 18.2. The van der Waals surface area contributed by atoms with Crippen molar-refractivity contribution in [3.63, 3.8) is 0 Å². The van der Waals surface area contributed by atoms with Crippen LogP contribution in [0.1, 0.15) is 27.7 Å². The molecule has 0 aliphatic carbocycles. The zero-order valence-electron chi connectivity index (χ0n) is 20.3. The molecule has 2 aromatic heterocycles. The third-order valence-corrected chi connectivity index (χ3v) is 6.45. The monoisotopic (exact) mass is 524 g/mol. The topological polar surface area (TPSA) is 88.8 Å². The standard InChI is InChI=1S/C27H23F3N4O4/c1-37-26(36)23(17-5-3-2-4-6-17)33-11-13-34(14-12-33)25(35)21-15-18(9-10-31-21)24-32-20-16-19(27(28,29)30)7-8-22(20)38-24/h2-10,15-16,23H,11-14H2,1H3. The van der Waals surface area contributed by atoms with Crippen molar-refractivity contribution < 1.29 is 31.9 Å². The molecule has 1 fully saturated rings. The van der Waals surface area contributed by atoms with Crippen molar-refractivity contribution in [3.05, 3.63) is 83.7 Å². The highest BCUT2D eigenvalue weighted by Gasteiger charge is 2.33. The Bertz CT molecular complexity index is 1460. The first-order valence-corrected chi connectivity index (χ1v) is 11.8. The molecule has 1 unspecified atom stereocenters. The predicted octanol–water partition coefficient (Wildman–Crippen LogP) is 4.58.